The number of carbonyl (C=O) groups excluding carboxylic acids is 1. The summed E-state index contributed by atoms with van der Waals surface area (Å²) in [5.74, 6) is 0.0307. The van der Waals surface area contributed by atoms with E-state index < -0.39 is 0 Å². The maximum Gasteiger partial charge on any atom is 0.279 e. The van der Waals surface area contributed by atoms with Crippen molar-refractivity contribution in [3.63, 3.8) is 0 Å². The van der Waals surface area contributed by atoms with Crippen LogP contribution in [-0.4, -0.2) is 5.91 Å². The molecule has 0 radical (unpaired) electrons. The van der Waals surface area contributed by atoms with E-state index in [0.29, 0.717) is 5.70 Å². The Labute approximate surface area is 218 Å². The first-order valence-corrected chi connectivity index (χ1v) is 11.4. The van der Waals surface area contributed by atoms with Gasteiger partial charge < -0.3 is 5.32 Å². The number of rotatable bonds is 3. The Kier molecular flexibility index (Phi) is 12.1. The normalized spacial score (nSPS) is 11.9. The van der Waals surface area contributed by atoms with E-state index in [4.69, 9.17) is 0 Å². The van der Waals surface area contributed by atoms with E-state index in [1.165, 1.54) is 0 Å². The van der Waals surface area contributed by atoms with Gasteiger partial charge in [0.2, 0.25) is 0 Å². The molecule has 1 aliphatic carbocycles. The van der Waals surface area contributed by atoms with Crippen LogP contribution in [0.2, 0.25) is 0 Å². The lowest BCUT2D eigenvalue weighted by atomic mass is 9.98. The number of hydrogen-bond acceptors (Lipinski definition) is 2. The molecule has 1 heterocycles. The Morgan fingerprint density at radius 3 is 1.76 bits per heavy atom. The lowest BCUT2D eigenvalue weighted by Gasteiger charge is -2.22. The molecule has 4 rings (SSSR count). The van der Waals surface area contributed by atoms with Crippen LogP contribution in [0.25, 0.3) is 0 Å². The monoisotopic (exact) mass is 478 g/mol. The number of fused-ring (bicyclic) bond motifs is 1. The van der Waals surface area contributed by atoms with Gasteiger partial charge in [0.05, 0.1) is 5.70 Å². The standard InChI is InChI=1S/C20H18N2O.C8H4.C6H4/c23-20-19(21-15-9-3-1-4-10-15)17-13-7-8-14-18(17)22(20)16-11-5-2-6-12-16;1-3-5-7-8-6-4-2;1-3-5-6-4-2/h1-6,9-12,14,21H,7-8,13H2;1-2H2;1-2H2. The summed E-state index contributed by atoms with van der Waals surface area (Å²) >= 11 is 0. The van der Waals surface area contributed by atoms with Gasteiger partial charge in [-0.2, -0.15) is 0 Å². The fourth-order valence-electron chi connectivity index (χ4n) is 3.47. The summed E-state index contributed by atoms with van der Waals surface area (Å²) in [5, 5.41) is 3.34. The SMILES string of the molecule is C=C=C=C=C=C.C=C=C=C=C=C=C=C.O=C1C(Nc2ccccc2)=C2CCCC=C2N1c1ccccc1. The molecule has 178 valence electrons. The Hall–Kier alpha value is -5.53. The molecular formula is C34H26N2O. The number of benzene rings is 2. The van der Waals surface area contributed by atoms with Crippen molar-refractivity contribution >= 4 is 17.3 Å². The van der Waals surface area contributed by atoms with Crippen LogP contribution in [0.5, 0.6) is 0 Å². The van der Waals surface area contributed by atoms with Crippen LogP contribution in [-0.2, 0) is 4.79 Å². The third kappa shape index (κ3) is 8.64. The summed E-state index contributed by atoms with van der Waals surface area (Å²) in [4.78, 5) is 14.9. The number of nitrogens with zero attached hydrogens (tertiary/aromatic N) is 1. The molecule has 2 aromatic rings. The van der Waals surface area contributed by atoms with Crippen molar-refractivity contribution in [3.05, 3.63) is 167 Å². The minimum absolute atomic E-state index is 0.0307. The number of anilines is 2. The number of allylic oxidation sites excluding steroid dienone is 2. The van der Waals surface area contributed by atoms with Crippen molar-refractivity contribution in [1.82, 2.24) is 0 Å². The molecule has 1 aliphatic heterocycles. The zero-order valence-corrected chi connectivity index (χ0v) is 20.7. The quantitative estimate of drug-likeness (QED) is 0.460. The van der Waals surface area contributed by atoms with Gasteiger partial charge in [0.1, 0.15) is 5.70 Å². The molecule has 1 amide bonds. The highest BCUT2D eigenvalue weighted by atomic mass is 16.2. The zero-order valence-electron chi connectivity index (χ0n) is 20.7. The van der Waals surface area contributed by atoms with Crippen molar-refractivity contribution in [1.29, 1.82) is 0 Å². The maximum atomic E-state index is 13.0. The van der Waals surface area contributed by atoms with Gasteiger partial charge in [0.25, 0.3) is 5.91 Å². The van der Waals surface area contributed by atoms with Crippen LogP contribution in [0.1, 0.15) is 19.3 Å². The van der Waals surface area contributed by atoms with E-state index in [9.17, 15) is 4.79 Å². The van der Waals surface area contributed by atoms with Crippen molar-refractivity contribution in [2.24, 2.45) is 0 Å². The van der Waals surface area contributed by atoms with Crippen LogP contribution in [0.15, 0.2) is 167 Å². The van der Waals surface area contributed by atoms with Crippen LogP contribution < -0.4 is 10.2 Å². The summed E-state index contributed by atoms with van der Waals surface area (Å²) in [5.41, 5.74) is 28.8. The lowest BCUT2D eigenvalue weighted by Crippen LogP contribution is -2.27. The fraction of sp³-hybridized carbons (Fsp3) is 0.0882. The number of carbonyl (C=O) groups is 1. The molecule has 0 saturated carbocycles. The first kappa shape index (κ1) is 27.7. The van der Waals surface area contributed by atoms with E-state index in [-0.39, 0.29) is 5.91 Å². The minimum Gasteiger partial charge on any atom is -0.351 e. The topological polar surface area (TPSA) is 32.3 Å². The zero-order chi connectivity index (χ0) is 26.7. The molecule has 0 spiro atoms. The van der Waals surface area contributed by atoms with Gasteiger partial charge in [0.15, 0.2) is 0 Å². The molecule has 0 fully saturated rings. The molecule has 0 saturated heterocycles. The highest BCUT2D eigenvalue weighted by Crippen LogP contribution is 2.39. The third-order valence-electron chi connectivity index (χ3n) is 4.90. The van der Waals surface area contributed by atoms with Gasteiger partial charge in [0, 0.05) is 16.9 Å². The summed E-state index contributed by atoms with van der Waals surface area (Å²) in [6, 6.07) is 19.8. The summed E-state index contributed by atoms with van der Waals surface area (Å²) in [6.45, 7) is 13.0. The first-order chi connectivity index (χ1) is 18.2. The third-order valence-corrected chi connectivity index (χ3v) is 4.90. The lowest BCUT2D eigenvalue weighted by molar-refractivity contribution is -0.114. The van der Waals surface area contributed by atoms with E-state index in [1.807, 2.05) is 65.6 Å². The maximum absolute atomic E-state index is 13.0. The highest BCUT2D eigenvalue weighted by Gasteiger charge is 2.36. The largest absolute Gasteiger partial charge is 0.351 e. The van der Waals surface area contributed by atoms with Crippen molar-refractivity contribution in [2.75, 3.05) is 10.2 Å². The predicted octanol–water partition coefficient (Wildman–Crippen LogP) is 7.62. The predicted molar refractivity (Wildman–Crippen MR) is 151 cm³/mol. The number of para-hydroxylation sites is 2. The van der Waals surface area contributed by atoms with E-state index in [2.05, 4.69) is 95.0 Å². The molecule has 2 aromatic carbocycles. The van der Waals surface area contributed by atoms with Gasteiger partial charge in [-0.3, -0.25) is 9.69 Å². The average molecular weight is 479 g/mol. The van der Waals surface area contributed by atoms with E-state index >= 15 is 0 Å². The second-order valence-electron chi connectivity index (χ2n) is 7.26. The van der Waals surface area contributed by atoms with E-state index in [0.717, 1.165) is 41.9 Å². The second kappa shape index (κ2) is 16.2. The Balaban J connectivity index is 0.000000286. The highest BCUT2D eigenvalue weighted by molar-refractivity contribution is 6.15. The van der Waals surface area contributed by atoms with Gasteiger partial charge >= 0.3 is 0 Å². The van der Waals surface area contributed by atoms with Gasteiger partial charge in [-0.05, 0) is 104 Å². The first-order valence-electron chi connectivity index (χ1n) is 11.4. The second-order valence-corrected chi connectivity index (χ2v) is 7.26. The van der Waals surface area contributed by atoms with Crippen LogP contribution >= 0.6 is 0 Å². The van der Waals surface area contributed by atoms with Gasteiger partial charge in [-0.1, -0.05) is 65.4 Å². The molecule has 0 unspecified atom stereocenters. The molecule has 37 heavy (non-hydrogen) atoms. The summed E-state index contributed by atoms with van der Waals surface area (Å²) in [7, 11) is 0. The molecule has 0 aromatic heterocycles. The fourth-order valence-corrected chi connectivity index (χ4v) is 3.47. The van der Waals surface area contributed by atoms with Crippen LogP contribution in [0.4, 0.5) is 11.4 Å². The molecule has 3 nitrogen and oxygen atoms in total. The van der Waals surface area contributed by atoms with Crippen LogP contribution in [0, 0.1) is 0 Å². The van der Waals surface area contributed by atoms with Crippen molar-refractivity contribution in [3.8, 4) is 0 Å². The Morgan fingerprint density at radius 2 is 1.22 bits per heavy atom. The smallest absolute Gasteiger partial charge is 0.279 e. The van der Waals surface area contributed by atoms with Crippen molar-refractivity contribution < 1.29 is 4.79 Å². The number of nitrogens with one attached hydrogen (secondary N) is 1. The molecule has 2 aliphatic rings. The van der Waals surface area contributed by atoms with Gasteiger partial charge in [-0.25, -0.2) is 0 Å². The number of amides is 1. The summed E-state index contributed by atoms with van der Waals surface area (Å²) < 4.78 is 0. The Bertz CT molecular complexity index is 1500. The van der Waals surface area contributed by atoms with Crippen LogP contribution in [0.3, 0.4) is 0 Å². The minimum atomic E-state index is 0.0307. The molecular weight excluding hydrogens is 452 g/mol. The number of hydrogen-bond donors (Lipinski definition) is 1. The van der Waals surface area contributed by atoms with Gasteiger partial charge in [-0.15, -0.1) is 0 Å². The molecule has 0 bridgehead atoms. The van der Waals surface area contributed by atoms with Crippen molar-refractivity contribution in [2.45, 2.75) is 19.3 Å². The van der Waals surface area contributed by atoms with E-state index in [1.54, 1.807) is 0 Å². The molecule has 0 atom stereocenters. The molecule has 3 heteroatoms. The Morgan fingerprint density at radius 1 is 0.703 bits per heavy atom. The average Bonchev–Trinajstić information content (AvgIpc) is 3.22. The summed E-state index contributed by atoms with van der Waals surface area (Å²) in [6.07, 6.45) is 5.24. The molecule has 1 N–H and O–H groups in total.